The van der Waals surface area contributed by atoms with E-state index in [4.69, 9.17) is 26.2 Å². The van der Waals surface area contributed by atoms with Crippen molar-refractivity contribution in [1.29, 1.82) is 0 Å². The molecule has 0 aliphatic carbocycles. The van der Waals surface area contributed by atoms with Crippen molar-refractivity contribution in [2.24, 2.45) is 0 Å². The van der Waals surface area contributed by atoms with Crippen LogP contribution in [0, 0.1) is 0 Å². The fourth-order valence-electron chi connectivity index (χ4n) is 1.86. The Labute approximate surface area is 126 Å². The number of aliphatic hydroxyl groups excluding tert-OH is 1. The molecule has 1 aromatic rings. The van der Waals surface area contributed by atoms with Crippen LogP contribution in [-0.4, -0.2) is 32.0 Å². The van der Waals surface area contributed by atoms with Gasteiger partial charge in [0.1, 0.15) is 0 Å². The molecule has 0 heterocycles. The molecule has 114 valence electrons. The van der Waals surface area contributed by atoms with Gasteiger partial charge in [0.25, 0.3) is 0 Å². The van der Waals surface area contributed by atoms with Crippen molar-refractivity contribution in [3.63, 3.8) is 0 Å². The Balaban J connectivity index is 2.79. The van der Waals surface area contributed by atoms with E-state index in [-0.39, 0.29) is 6.61 Å². The Bertz CT molecular complexity index is 399. The molecule has 0 radical (unpaired) electrons. The lowest BCUT2D eigenvalue weighted by atomic mass is 10.1. The predicted octanol–water partition coefficient (Wildman–Crippen LogP) is 3.00. The predicted molar refractivity (Wildman–Crippen MR) is 81.8 cm³/mol. The molecule has 0 saturated carbocycles. The van der Waals surface area contributed by atoms with E-state index in [0.717, 1.165) is 37.1 Å². The fraction of sp³-hybridized carbons (Fsp3) is 0.600. The molecule has 4 nitrogen and oxygen atoms in total. The second-order valence-corrected chi connectivity index (χ2v) is 4.99. The number of aliphatic hydroxyl groups is 1. The van der Waals surface area contributed by atoms with Gasteiger partial charge in [-0.05, 0) is 31.9 Å². The third kappa shape index (κ3) is 5.57. The van der Waals surface area contributed by atoms with Crippen LogP contribution >= 0.6 is 11.6 Å². The van der Waals surface area contributed by atoms with Crippen LogP contribution in [0.25, 0.3) is 0 Å². The van der Waals surface area contributed by atoms with E-state index < -0.39 is 0 Å². The molecular weight excluding hydrogens is 278 g/mol. The summed E-state index contributed by atoms with van der Waals surface area (Å²) < 4.78 is 11.2. The van der Waals surface area contributed by atoms with Gasteiger partial charge in [-0.2, -0.15) is 0 Å². The summed E-state index contributed by atoms with van der Waals surface area (Å²) >= 11 is 6.10. The van der Waals surface area contributed by atoms with Gasteiger partial charge in [-0.25, -0.2) is 0 Å². The number of rotatable bonds is 10. The number of hydrogen-bond acceptors (Lipinski definition) is 4. The summed E-state index contributed by atoms with van der Waals surface area (Å²) in [4.78, 5) is 0. The van der Waals surface area contributed by atoms with E-state index in [1.54, 1.807) is 13.2 Å². The van der Waals surface area contributed by atoms with E-state index >= 15 is 0 Å². The number of ether oxygens (including phenoxy) is 2. The minimum absolute atomic E-state index is 0.187. The molecule has 0 spiro atoms. The van der Waals surface area contributed by atoms with Gasteiger partial charge >= 0.3 is 0 Å². The van der Waals surface area contributed by atoms with Crippen LogP contribution < -0.4 is 14.8 Å². The maximum absolute atomic E-state index is 8.79. The third-order valence-electron chi connectivity index (χ3n) is 2.86. The largest absolute Gasteiger partial charge is 0.493 e. The lowest BCUT2D eigenvalue weighted by Crippen LogP contribution is -2.15. The van der Waals surface area contributed by atoms with Gasteiger partial charge in [-0.1, -0.05) is 18.5 Å². The van der Waals surface area contributed by atoms with Gasteiger partial charge in [-0.3, -0.25) is 0 Å². The monoisotopic (exact) mass is 301 g/mol. The van der Waals surface area contributed by atoms with E-state index in [2.05, 4.69) is 12.2 Å². The molecule has 5 heteroatoms. The van der Waals surface area contributed by atoms with Crippen LogP contribution in [0.1, 0.15) is 31.7 Å². The third-order valence-corrected chi connectivity index (χ3v) is 3.08. The zero-order valence-corrected chi connectivity index (χ0v) is 13.0. The number of nitrogens with one attached hydrogen (secondary N) is 1. The first kappa shape index (κ1) is 17.1. The molecule has 0 aromatic heterocycles. The van der Waals surface area contributed by atoms with Crippen LogP contribution in [0.3, 0.4) is 0 Å². The van der Waals surface area contributed by atoms with Gasteiger partial charge < -0.3 is 19.9 Å². The highest BCUT2D eigenvalue weighted by Crippen LogP contribution is 2.34. The highest BCUT2D eigenvalue weighted by Gasteiger charge is 2.12. The lowest BCUT2D eigenvalue weighted by molar-refractivity contribution is 0.246. The van der Waals surface area contributed by atoms with Crippen LogP contribution in [-0.2, 0) is 6.54 Å². The van der Waals surface area contributed by atoms with Crippen LogP contribution in [0.5, 0.6) is 11.5 Å². The van der Waals surface area contributed by atoms with Gasteiger partial charge in [0.15, 0.2) is 11.5 Å². The first-order chi connectivity index (χ1) is 9.72. The van der Waals surface area contributed by atoms with Crippen LogP contribution in [0.15, 0.2) is 12.1 Å². The zero-order valence-electron chi connectivity index (χ0n) is 12.2. The van der Waals surface area contributed by atoms with E-state index in [1.165, 1.54) is 0 Å². The van der Waals surface area contributed by atoms with Crippen molar-refractivity contribution >= 4 is 11.6 Å². The molecule has 0 aliphatic rings. The maximum Gasteiger partial charge on any atom is 0.165 e. The Morgan fingerprint density at radius 3 is 2.75 bits per heavy atom. The summed E-state index contributed by atoms with van der Waals surface area (Å²) in [7, 11) is 1.61. The Kier molecular flexibility index (Phi) is 8.42. The summed E-state index contributed by atoms with van der Waals surface area (Å²) in [6.07, 6.45) is 2.62. The molecule has 1 aromatic carbocycles. The van der Waals surface area contributed by atoms with Crippen molar-refractivity contribution in [3.05, 3.63) is 22.7 Å². The smallest absolute Gasteiger partial charge is 0.165 e. The van der Waals surface area contributed by atoms with Crippen molar-refractivity contribution < 1.29 is 14.6 Å². The molecule has 0 bridgehead atoms. The highest BCUT2D eigenvalue weighted by molar-refractivity contribution is 6.30. The quantitative estimate of drug-likeness (QED) is 0.652. The molecule has 1 rings (SSSR count). The number of methoxy groups -OCH3 is 1. The van der Waals surface area contributed by atoms with Gasteiger partial charge in [0, 0.05) is 29.8 Å². The van der Waals surface area contributed by atoms with E-state index in [0.29, 0.717) is 23.9 Å². The molecular formula is C15H24ClNO3. The summed E-state index contributed by atoms with van der Waals surface area (Å²) in [5.41, 5.74) is 0.992. The second kappa shape index (κ2) is 9.86. The van der Waals surface area contributed by atoms with Crippen molar-refractivity contribution in [1.82, 2.24) is 5.32 Å². The number of unbranched alkanes of at least 4 members (excludes halogenated alkanes) is 1. The fourth-order valence-corrected chi connectivity index (χ4v) is 2.09. The second-order valence-electron chi connectivity index (χ2n) is 4.55. The minimum atomic E-state index is 0.187. The number of hydrogen-bond donors (Lipinski definition) is 2. The average Bonchev–Trinajstić information content (AvgIpc) is 2.45. The lowest BCUT2D eigenvalue weighted by Gasteiger charge is -2.16. The molecule has 0 atom stereocenters. The topological polar surface area (TPSA) is 50.7 Å². The van der Waals surface area contributed by atoms with Gasteiger partial charge in [0.2, 0.25) is 0 Å². The van der Waals surface area contributed by atoms with E-state index in [1.807, 2.05) is 6.07 Å². The molecule has 0 fully saturated rings. The maximum atomic E-state index is 8.79. The molecule has 2 N–H and O–H groups in total. The summed E-state index contributed by atoms with van der Waals surface area (Å²) in [6.45, 7) is 4.50. The van der Waals surface area contributed by atoms with Gasteiger partial charge in [-0.15, -0.1) is 0 Å². The Morgan fingerprint density at radius 1 is 1.30 bits per heavy atom. The van der Waals surface area contributed by atoms with Crippen molar-refractivity contribution in [2.45, 2.75) is 32.7 Å². The first-order valence-corrected chi connectivity index (χ1v) is 7.41. The van der Waals surface area contributed by atoms with Crippen LogP contribution in [0.4, 0.5) is 0 Å². The SMILES string of the molecule is CCCNCc1cc(Cl)cc(OC)c1OCCCCO. The Morgan fingerprint density at radius 2 is 2.10 bits per heavy atom. The normalized spacial score (nSPS) is 10.6. The zero-order chi connectivity index (χ0) is 14.8. The van der Waals surface area contributed by atoms with Gasteiger partial charge in [0.05, 0.1) is 13.7 Å². The summed E-state index contributed by atoms with van der Waals surface area (Å²) in [6, 6.07) is 3.65. The molecule has 20 heavy (non-hydrogen) atoms. The Hall–Kier alpha value is -0.970. The van der Waals surface area contributed by atoms with Crippen molar-refractivity contribution in [2.75, 3.05) is 26.9 Å². The standard InChI is InChI=1S/C15H24ClNO3/c1-3-6-17-11-12-9-13(16)10-14(19-2)15(12)20-8-5-4-7-18/h9-10,17-18H,3-8,11H2,1-2H3. The highest BCUT2D eigenvalue weighted by atomic mass is 35.5. The van der Waals surface area contributed by atoms with E-state index in [9.17, 15) is 0 Å². The van der Waals surface area contributed by atoms with Crippen LogP contribution in [0.2, 0.25) is 5.02 Å². The number of benzene rings is 1. The first-order valence-electron chi connectivity index (χ1n) is 7.03. The summed E-state index contributed by atoms with van der Waals surface area (Å²) in [5, 5.41) is 12.8. The molecule has 0 unspecified atom stereocenters. The molecule has 0 amide bonds. The molecule has 0 aliphatic heterocycles. The minimum Gasteiger partial charge on any atom is -0.493 e. The number of halogens is 1. The van der Waals surface area contributed by atoms with Crippen molar-refractivity contribution in [3.8, 4) is 11.5 Å². The molecule has 0 saturated heterocycles. The average molecular weight is 302 g/mol. The summed E-state index contributed by atoms with van der Waals surface area (Å²) in [5.74, 6) is 1.38.